The molecular weight excluding hydrogens is 228 g/mol. The van der Waals surface area contributed by atoms with Gasteiger partial charge >= 0.3 is 0 Å². The van der Waals surface area contributed by atoms with E-state index in [4.69, 9.17) is 0 Å². The number of hydrogen-bond acceptors (Lipinski definition) is 3. The second-order valence-electron chi connectivity index (χ2n) is 5.88. The van der Waals surface area contributed by atoms with Crippen LogP contribution in [0.25, 0.3) is 0 Å². The van der Waals surface area contributed by atoms with E-state index in [2.05, 4.69) is 42.1 Å². The summed E-state index contributed by atoms with van der Waals surface area (Å²) in [4.78, 5) is 2.61. The Morgan fingerprint density at radius 1 is 1.12 bits per heavy atom. The highest BCUT2D eigenvalue weighted by Gasteiger charge is 2.29. The monoisotopic (exact) mass is 256 g/mol. The van der Waals surface area contributed by atoms with Crippen molar-refractivity contribution in [2.24, 2.45) is 0 Å². The van der Waals surface area contributed by atoms with Gasteiger partial charge in [-0.05, 0) is 58.9 Å². The molecule has 17 heavy (non-hydrogen) atoms. The van der Waals surface area contributed by atoms with Crippen LogP contribution < -0.4 is 5.32 Å². The van der Waals surface area contributed by atoms with Gasteiger partial charge in [-0.1, -0.05) is 6.42 Å². The first kappa shape index (κ1) is 13.7. The lowest BCUT2D eigenvalue weighted by atomic mass is 10.0. The predicted octanol–water partition coefficient (Wildman–Crippen LogP) is 2.73. The first-order valence-corrected chi connectivity index (χ1v) is 8.52. The summed E-state index contributed by atoms with van der Waals surface area (Å²) >= 11 is 2.06. The molecule has 2 nitrogen and oxygen atoms in total. The molecule has 2 atom stereocenters. The quantitative estimate of drug-likeness (QED) is 0.832. The zero-order valence-electron chi connectivity index (χ0n) is 11.6. The van der Waals surface area contributed by atoms with Crippen LogP contribution >= 0.6 is 11.8 Å². The second-order valence-corrected chi connectivity index (χ2v) is 6.96. The standard InChI is InChI=1S/C14H28N2S/c1-11(2)16-9-7-12(8-10-16)15-13-5-4-6-14(13)17-3/h11-15H,4-10H2,1-3H3. The van der Waals surface area contributed by atoms with Gasteiger partial charge in [0.25, 0.3) is 0 Å². The van der Waals surface area contributed by atoms with Crippen molar-refractivity contribution in [1.29, 1.82) is 0 Å². The summed E-state index contributed by atoms with van der Waals surface area (Å²) in [5.74, 6) is 0. The molecule has 0 radical (unpaired) electrons. The Hall–Kier alpha value is 0.270. The Bertz CT molecular complexity index is 224. The summed E-state index contributed by atoms with van der Waals surface area (Å²) in [5.41, 5.74) is 0. The lowest BCUT2D eigenvalue weighted by Gasteiger charge is -2.36. The summed E-state index contributed by atoms with van der Waals surface area (Å²) in [5, 5.41) is 4.80. The number of nitrogens with one attached hydrogen (secondary N) is 1. The molecule has 3 heteroatoms. The van der Waals surface area contributed by atoms with Crippen LogP contribution in [-0.2, 0) is 0 Å². The maximum Gasteiger partial charge on any atom is 0.0198 e. The average molecular weight is 256 g/mol. The van der Waals surface area contributed by atoms with E-state index < -0.39 is 0 Å². The Kier molecular flexibility index (Phi) is 5.19. The van der Waals surface area contributed by atoms with E-state index >= 15 is 0 Å². The van der Waals surface area contributed by atoms with Gasteiger partial charge in [-0.3, -0.25) is 0 Å². The molecule has 0 aromatic heterocycles. The molecule has 1 saturated heterocycles. The topological polar surface area (TPSA) is 15.3 Å². The Morgan fingerprint density at radius 2 is 1.82 bits per heavy atom. The molecule has 0 aromatic carbocycles. The minimum Gasteiger partial charge on any atom is -0.310 e. The summed E-state index contributed by atoms with van der Waals surface area (Å²) in [6.45, 7) is 7.20. The van der Waals surface area contributed by atoms with E-state index in [1.54, 1.807) is 0 Å². The van der Waals surface area contributed by atoms with Crippen molar-refractivity contribution in [3.8, 4) is 0 Å². The summed E-state index contributed by atoms with van der Waals surface area (Å²) < 4.78 is 0. The molecule has 0 amide bonds. The molecule has 2 unspecified atom stereocenters. The van der Waals surface area contributed by atoms with Crippen molar-refractivity contribution < 1.29 is 0 Å². The number of likely N-dealkylation sites (tertiary alicyclic amines) is 1. The highest BCUT2D eigenvalue weighted by atomic mass is 32.2. The first-order valence-electron chi connectivity index (χ1n) is 7.23. The van der Waals surface area contributed by atoms with Crippen LogP contribution in [0.4, 0.5) is 0 Å². The van der Waals surface area contributed by atoms with Crippen LogP contribution in [0.3, 0.4) is 0 Å². The molecule has 1 aliphatic carbocycles. The van der Waals surface area contributed by atoms with Crippen LogP contribution in [0, 0.1) is 0 Å². The summed E-state index contributed by atoms with van der Waals surface area (Å²) in [7, 11) is 0. The van der Waals surface area contributed by atoms with Crippen molar-refractivity contribution in [3.63, 3.8) is 0 Å². The number of nitrogens with zero attached hydrogens (tertiary/aromatic N) is 1. The van der Waals surface area contributed by atoms with Gasteiger partial charge in [0.2, 0.25) is 0 Å². The third-order valence-electron chi connectivity index (χ3n) is 4.46. The molecule has 1 saturated carbocycles. The zero-order chi connectivity index (χ0) is 12.3. The number of piperidine rings is 1. The van der Waals surface area contributed by atoms with E-state index in [0.717, 1.165) is 23.4 Å². The molecule has 0 spiro atoms. The number of rotatable bonds is 4. The predicted molar refractivity (Wildman–Crippen MR) is 77.8 cm³/mol. The minimum atomic E-state index is 0.723. The fourth-order valence-corrected chi connectivity index (χ4v) is 4.23. The minimum absolute atomic E-state index is 0.723. The van der Waals surface area contributed by atoms with Gasteiger partial charge in [-0.25, -0.2) is 0 Å². The Morgan fingerprint density at radius 3 is 2.41 bits per heavy atom. The number of hydrogen-bond donors (Lipinski definition) is 1. The zero-order valence-corrected chi connectivity index (χ0v) is 12.4. The lowest BCUT2D eigenvalue weighted by Crippen LogP contribution is -2.49. The summed E-state index contributed by atoms with van der Waals surface area (Å²) in [6.07, 6.45) is 9.20. The third kappa shape index (κ3) is 3.62. The van der Waals surface area contributed by atoms with Gasteiger partial charge in [0.1, 0.15) is 0 Å². The smallest absolute Gasteiger partial charge is 0.0198 e. The first-order chi connectivity index (χ1) is 8.20. The van der Waals surface area contributed by atoms with E-state index in [-0.39, 0.29) is 0 Å². The maximum atomic E-state index is 3.93. The van der Waals surface area contributed by atoms with E-state index in [1.165, 1.54) is 45.2 Å². The van der Waals surface area contributed by atoms with Gasteiger partial charge < -0.3 is 10.2 Å². The van der Waals surface area contributed by atoms with Gasteiger partial charge in [0.15, 0.2) is 0 Å². The molecule has 1 N–H and O–H groups in total. The molecule has 2 fully saturated rings. The maximum absolute atomic E-state index is 3.93. The molecule has 1 heterocycles. The van der Waals surface area contributed by atoms with Gasteiger partial charge in [0.05, 0.1) is 0 Å². The van der Waals surface area contributed by atoms with Crippen molar-refractivity contribution in [1.82, 2.24) is 10.2 Å². The molecule has 2 rings (SSSR count). The Balaban J connectivity index is 1.74. The molecule has 0 aromatic rings. The highest BCUT2D eigenvalue weighted by molar-refractivity contribution is 7.99. The molecule has 2 aliphatic rings. The average Bonchev–Trinajstić information content (AvgIpc) is 2.77. The fourth-order valence-electron chi connectivity index (χ4n) is 3.28. The van der Waals surface area contributed by atoms with E-state index in [0.29, 0.717) is 0 Å². The van der Waals surface area contributed by atoms with Crippen molar-refractivity contribution in [2.45, 2.75) is 69.3 Å². The molecule has 100 valence electrons. The van der Waals surface area contributed by atoms with Crippen LogP contribution in [0.5, 0.6) is 0 Å². The van der Waals surface area contributed by atoms with E-state index in [1.807, 2.05) is 0 Å². The van der Waals surface area contributed by atoms with Gasteiger partial charge in [-0.15, -0.1) is 0 Å². The SMILES string of the molecule is CSC1CCCC1NC1CCN(C(C)C)CC1. The van der Waals surface area contributed by atoms with E-state index in [9.17, 15) is 0 Å². The van der Waals surface area contributed by atoms with Crippen molar-refractivity contribution >= 4 is 11.8 Å². The highest BCUT2D eigenvalue weighted by Crippen LogP contribution is 2.29. The molecular formula is C14H28N2S. The van der Waals surface area contributed by atoms with Crippen LogP contribution in [0.2, 0.25) is 0 Å². The third-order valence-corrected chi connectivity index (χ3v) is 5.63. The normalized spacial score (nSPS) is 32.5. The summed E-state index contributed by atoms with van der Waals surface area (Å²) in [6, 6.07) is 2.30. The lowest BCUT2D eigenvalue weighted by molar-refractivity contribution is 0.157. The fraction of sp³-hybridized carbons (Fsp3) is 1.00. The molecule has 0 bridgehead atoms. The van der Waals surface area contributed by atoms with Gasteiger partial charge in [0, 0.05) is 23.4 Å². The van der Waals surface area contributed by atoms with Crippen LogP contribution in [0.15, 0.2) is 0 Å². The van der Waals surface area contributed by atoms with Crippen LogP contribution in [-0.4, -0.2) is 47.6 Å². The second kappa shape index (κ2) is 6.44. The molecule has 1 aliphatic heterocycles. The number of thioether (sulfide) groups is 1. The van der Waals surface area contributed by atoms with Crippen molar-refractivity contribution in [2.75, 3.05) is 19.3 Å². The van der Waals surface area contributed by atoms with Gasteiger partial charge in [-0.2, -0.15) is 11.8 Å². The van der Waals surface area contributed by atoms with Crippen molar-refractivity contribution in [3.05, 3.63) is 0 Å². The Labute approximate surface area is 111 Å². The van der Waals surface area contributed by atoms with Crippen LogP contribution in [0.1, 0.15) is 46.0 Å². The largest absolute Gasteiger partial charge is 0.310 e.